The van der Waals surface area contributed by atoms with Crippen molar-refractivity contribution < 1.29 is 9.90 Å². The second-order valence-corrected chi connectivity index (χ2v) is 9.37. The molecular weight excluding hydrogens is 360 g/mol. The highest BCUT2D eigenvalue weighted by molar-refractivity contribution is 6.00. The topological polar surface area (TPSA) is 66.6 Å². The molecule has 0 saturated heterocycles. The Labute approximate surface area is 173 Å². The van der Waals surface area contributed by atoms with Crippen molar-refractivity contribution >= 4 is 5.91 Å². The summed E-state index contributed by atoms with van der Waals surface area (Å²) in [6, 6.07) is 16.8. The van der Waals surface area contributed by atoms with E-state index in [1.165, 1.54) is 11.1 Å². The number of aryl methyl sites for hydroxylation is 1. The molecule has 4 heteroatoms. The maximum Gasteiger partial charge on any atom is 0.254 e. The molecular formula is C25H32N2O2. The van der Waals surface area contributed by atoms with Crippen molar-refractivity contribution in [3.63, 3.8) is 0 Å². The summed E-state index contributed by atoms with van der Waals surface area (Å²) < 4.78 is 0. The summed E-state index contributed by atoms with van der Waals surface area (Å²) in [6.45, 7) is 5.09. The van der Waals surface area contributed by atoms with Gasteiger partial charge >= 0.3 is 0 Å². The zero-order valence-corrected chi connectivity index (χ0v) is 17.5. The maximum absolute atomic E-state index is 13.1. The first kappa shape index (κ1) is 20.1. The second-order valence-electron chi connectivity index (χ2n) is 9.37. The average molecular weight is 393 g/mol. The average Bonchev–Trinajstić information content (AvgIpc) is 3.21. The molecule has 2 aromatic rings. The molecule has 4 rings (SSSR count). The van der Waals surface area contributed by atoms with Gasteiger partial charge in [0.15, 0.2) is 0 Å². The highest BCUT2D eigenvalue weighted by Crippen LogP contribution is 2.44. The van der Waals surface area contributed by atoms with Gasteiger partial charge in [-0.15, -0.1) is 0 Å². The Morgan fingerprint density at radius 1 is 1.17 bits per heavy atom. The van der Waals surface area contributed by atoms with Crippen LogP contribution in [0.25, 0.3) is 0 Å². The Bertz CT molecular complexity index is 893. The van der Waals surface area contributed by atoms with Crippen LogP contribution in [0.4, 0.5) is 0 Å². The Morgan fingerprint density at radius 2 is 1.93 bits per heavy atom. The summed E-state index contributed by atoms with van der Waals surface area (Å²) in [7, 11) is 0. The molecule has 1 heterocycles. The van der Waals surface area contributed by atoms with Gasteiger partial charge in [0.05, 0.1) is 12.1 Å². The highest BCUT2D eigenvalue weighted by atomic mass is 16.3. The lowest BCUT2D eigenvalue weighted by Gasteiger charge is -2.33. The van der Waals surface area contributed by atoms with Gasteiger partial charge in [0, 0.05) is 17.6 Å². The van der Waals surface area contributed by atoms with E-state index in [-0.39, 0.29) is 18.1 Å². The number of nitrogens with zero attached hydrogens (tertiary/aromatic N) is 1. The summed E-state index contributed by atoms with van der Waals surface area (Å²) in [4.78, 5) is 15.1. The van der Waals surface area contributed by atoms with E-state index in [9.17, 15) is 9.90 Å². The van der Waals surface area contributed by atoms with E-state index in [2.05, 4.69) is 50.2 Å². The SMILES string of the molecule is CC1(C)c2cc(C3CCC(N)(CO)C3)ccc2C(=O)N1CCCc1ccccc1. The molecule has 2 aromatic carbocycles. The zero-order chi connectivity index (χ0) is 20.6. The summed E-state index contributed by atoms with van der Waals surface area (Å²) >= 11 is 0. The smallest absolute Gasteiger partial charge is 0.254 e. The van der Waals surface area contributed by atoms with Gasteiger partial charge in [-0.25, -0.2) is 0 Å². The Morgan fingerprint density at radius 3 is 2.62 bits per heavy atom. The molecule has 1 amide bonds. The molecule has 0 spiro atoms. The lowest BCUT2D eigenvalue weighted by Crippen LogP contribution is -2.40. The largest absolute Gasteiger partial charge is 0.394 e. The van der Waals surface area contributed by atoms with Crippen LogP contribution in [0.15, 0.2) is 48.5 Å². The molecule has 1 fully saturated rings. The Kier molecular flexibility index (Phi) is 5.26. The number of hydrogen-bond acceptors (Lipinski definition) is 3. The van der Waals surface area contributed by atoms with Gasteiger partial charge in [-0.2, -0.15) is 0 Å². The van der Waals surface area contributed by atoms with Crippen molar-refractivity contribution in [1.29, 1.82) is 0 Å². The van der Waals surface area contributed by atoms with Gasteiger partial charge in [-0.1, -0.05) is 42.5 Å². The second kappa shape index (κ2) is 7.58. The van der Waals surface area contributed by atoms with E-state index in [4.69, 9.17) is 5.73 Å². The summed E-state index contributed by atoms with van der Waals surface area (Å²) in [5.74, 6) is 0.495. The number of aliphatic hydroxyl groups excluding tert-OH is 1. The molecule has 29 heavy (non-hydrogen) atoms. The van der Waals surface area contributed by atoms with Gasteiger partial charge in [-0.05, 0) is 74.6 Å². The minimum Gasteiger partial charge on any atom is -0.394 e. The van der Waals surface area contributed by atoms with Gasteiger partial charge in [-0.3, -0.25) is 4.79 Å². The molecule has 0 aromatic heterocycles. The van der Waals surface area contributed by atoms with E-state index < -0.39 is 5.54 Å². The third kappa shape index (κ3) is 3.72. The number of aliphatic hydroxyl groups is 1. The van der Waals surface area contributed by atoms with Crippen molar-refractivity contribution in [3.05, 3.63) is 70.8 Å². The summed E-state index contributed by atoms with van der Waals surface area (Å²) in [6.07, 6.45) is 4.57. The number of benzene rings is 2. The van der Waals surface area contributed by atoms with Crippen LogP contribution in [-0.2, 0) is 12.0 Å². The Balaban J connectivity index is 1.50. The third-order valence-corrected chi connectivity index (χ3v) is 6.97. The first-order valence-corrected chi connectivity index (χ1v) is 10.7. The van der Waals surface area contributed by atoms with Crippen molar-refractivity contribution in [1.82, 2.24) is 4.90 Å². The predicted octanol–water partition coefficient (Wildman–Crippen LogP) is 3.97. The number of hydrogen-bond donors (Lipinski definition) is 2. The molecule has 3 N–H and O–H groups in total. The molecule has 4 nitrogen and oxygen atoms in total. The minimum atomic E-state index is -0.460. The number of carbonyl (C=O) groups excluding carboxylic acids is 1. The number of carbonyl (C=O) groups is 1. The predicted molar refractivity (Wildman–Crippen MR) is 116 cm³/mol. The normalized spacial score (nSPS) is 25.4. The standard InChI is InChI=1S/C25H32N2O2/c1-24(2)22-15-19(20-12-13-25(26,16-20)17-28)10-11-21(22)23(29)27(24)14-6-9-18-7-4-3-5-8-18/h3-5,7-8,10-11,15,20,28H,6,9,12-14,16-17,26H2,1-2H3. The van der Waals surface area contributed by atoms with Crippen LogP contribution in [0.1, 0.15) is 72.5 Å². The van der Waals surface area contributed by atoms with Crippen LogP contribution in [0.3, 0.4) is 0 Å². The monoisotopic (exact) mass is 392 g/mol. The first-order valence-electron chi connectivity index (χ1n) is 10.7. The molecule has 2 unspecified atom stereocenters. The fourth-order valence-corrected chi connectivity index (χ4v) is 5.10. The van der Waals surface area contributed by atoms with Crippen molar-refractivity contribution in [2.24, 2.45) is 5.73 Å². The van der Waals surface area contributed by atoms with Crippen molar-refractivity contribution in [2.45, 2.75) is 62.9 Å². The fourth-order valence-electron chi connectivity index (χ4n) is 5.10. The van der Waals surface area contributed by atoms with E-state index in [0.29, 0.717) is 5.92 Å². The number of fused-ring (bicyclic) bond motifs is 1. The van der Waals surface area contributed by atoms with Crippen LogP contribution in [0.2, 0.25) is 0 Å². The fraction of sp³-hybridized carbons (Fsp3) is 0.480. The molecule has 0 bridgehead atoms. The van der Waals surface area contributed by atoms with Gasteiger partial charge in [0.25, 0.3) is 5.91 Å². The number of nitrogens with two attached hydrogens (primary N) is 1. The first-order chi connectivity index (χ1) is 13.8. The van der Waals surface area contributed by atoms with Crippen LogP contribution < -0.4 is 5.73 Å². The minimum absolute atomic E-state index is 0.0353. The summed E-state index contributed by atoms with van der Waals surface area (Å²) in [5, 5.41) is 9.59. The van der Waals surface area contributed by atoms with E-state index in [1.54, 1.807) is 0 Å². The van der Waals surface area contributed by atoms with Gasteiger partial charge in [0.1, 0.15) is 0 Å². The van der Waals surface area contributed by atoms with Crippen LogP contribution >= 0.6 is 0 Å². The number of amides is 1. The number of rotatable bonds is 6. The molecule has 1 aliphatic heterocycles. The van der Waals surface area contributed by atoms with Crippen LogP contribution in [0.5, 0.6) is 0 Å². The van der Waals surface area contributed by atoms with Gasteiger partial charge < -0.3 is 15.7 Å². The molecule has 1 aliphatic carbocycles. The van der Waals surface area contributed by atoms with E-state index in [0.717, 1.165) is 49.8 Å². The lowest BCUT2D eigenvalue weighted by atomic mass is 9.87. The van der Waals surface area contributed by atoms with Crippen LogP contribution in [0, 0.1) is 0 Å². The molecule has 1 saturated carbocycles. The lowest BCUT2D eigenvalue weighted by molar-refractivity contribution is 0.0615. The third-order valence-electron chi connectivity index (χ3n) is 6.97. The van der Waals surface area contributed by atoms with Gasteiger partial charge in [0.2, 0.25) is 0 Å². The van der Waals surface area contributed by atoms with Crippen molar-refractivity contribution in [2.75, 3.05) is 13.2 Å². The quantitative estimate of drug-likeness (QED) is 0.782. The summed E-state index contributed by atoms with van der Waals surface area (Å²) in [5.41, 5.74) is 10.0. The molecule has 2 aliphatic rings. The zero-order valence-electron chi connectivity index (χ0n) is 17.5. The molecule has 0 radical (unpaired) electrons. The molecule has 154 valence electrons. The Hall–Kier alpha value is -2.17. The van der Waals surface area contributed by atoms with E-state index in [1.807, 2.05) is 17.0 Å². The molecule has 2 atom stereocenters. The maximum atomic E-state index is 13.1. The van der Waals surface area contributed by atoms with Crippen molar-refractivity contribution in [3.8, 4) is 0 Å². The van der Waals surface area contributed by atoms with E-state index >= 15 is 0 Å². The highest BCUT2D eigenvalue weighted by Gasteiger charge is 2.43. The van der Waals surface area contributed by atoms with Crippen LogP contribution in [-0.4, -0.2) is 34.6 Å².